The predicted octanol–water partition coefficient (Wildman–Crippen LogP) is 9.56. The Morgan fingerprint density at radius 2 is 1.40 bits per heavy atom. The molecule has 424 valence electrons. The van der Waals surface area contributed by atoms with Crippen molar-refractivity contribution >= 4 is 52.2 Å². The standard InChI is InChI=1S/C60H81NO15Si2/c1-15-78(16-2,17-3)75-44-33-45-59(36-70-45,74-39(6)63)51-53(73-46(64)35-69-42-31-25-20-26-32-42)60(68)34-43(37(4)47(57(60,10)11)49(71-38(5)62)52(65)58(44,51)12)72-55(67)50(76-77(13,14)56(7,8)9)48(40-27-21-18-22-28-40)61-54(66)41-29-23-19-24-30-41/h18-32,43-45,48-51,53,68H,15-17,33-36H2,1-14H3,(H,61,66)/t43-,44-,45+,48-,49+,50+,51-,53-,58+,59-,60+/m0/s1. The highest BCUT2D eigenvalue weighted by molar-refractivity contribution is 6.74. The molecule has 3 aliphatic carbocycles. The summed E-state index contributed by atoms with van der Waals surface area (Å²) in [4.78, 5) is 88.5. The fourth-order valence-electron chi connectivity index (χ4n) is 12.3. The molecule has 3 aromatic rings. The van der Waals surface area contributed by atoms with Crippen LogP contribution in [0.4, 0.5) is 0 Å². The van der Waals surface area contributed by atoms with Crippen molar-refractivity contribution in [1.29, 1.82) is 0 Å². The van der Waals surface area contributed by atoms with Gasteiger partial charge in [-0.15, -0.1) is 0 Å². The van der Waals surface area contributed by atoms with E-state index in [-0.39, 0.29) is 18.6 Å². The van der Waals surface area contributed by atoms with Crippen LogP contribution in [-0.2, 0) is 56.5 Å². The molecule has 2 saturated carbocycles. The first-order chi connectivity index (χ1) is 36.6. The van der Waals surface area contributed by atoms with Gasteiger partial charge in [-0.05, 0) is 91.1 Å². The van der Waals surface area contributed by atoms with Gasteiger partial charge in [0.1, 0.15) is 29.7 Å². The Bertz CT molecular complexity index is 2720. The summed E-state index contributed by atoms with van der Waals surface area (Å²) in [5.41, 5.74) is -6.29. The van der Waals surface area contributed by atoms with Crippen molar-refractivity contribution in [2.45, 2.75) is 186 Å². The normalized spacial score (nSPS) is 28.4. The van der Waals surface area contributed by atoms with Gasteiger partial charge in [-0.3, -0.25) is 19.2 Å². The molecular formula is C60H81NO15Si2. The van der Waals surface area contributed by atoms with Gasteiger partial charge in [0.2, 0.25) is 0 Å². The van der Waals surface area contributed by atoms with Crippen LogP contribution in [0.15, 0.2) is 102 Å². The van der Waals surface area contributed by atoms with Crippen LogP contribution in [0.2, 0.25) is 36.3 Å². The molecule has 1 amide bonds. The minimum absolute atomic E-state index is 0.0739. The van der Waals surface area contributed by atoms with Crippen molar-refractivity contribution in [2.75, 3.05) is 13.2 Å². The number of amides is 1. The fraction of sp³-hybridized carbons (Fsp3) is 0.567. The maximum Gasteiger partial charge on any atom is 0.344 e. The monoisotopic (exact) mass is 1110 g/mol. The van der Waals surface area contributed by atoms with E-state index < -0.39 is 141 Å². The third-order valence-corrected chi connectivity index (χ3v) is 27.2. The number of carbonyl (C=O) groups is 6. The molecule has 7 rings (SSSR count). The molecule has 78 heavy (non-hydrogen) atoms. The lowest BCUT2D eigenvalue weighted by atomic mass is 9.44. The molecule has 3 fully saturated rings. The molecule has 11 atom stereocenters. The number of carbonyl (C=O) groups excluding carboxylic acids is 6. The minimum Gasteiger partial charge on any atom is -0.482 e. The number of para-hydroxylation sites is 1. The van der Waals surface area contributed by atoms with Crippen molar-refractivity contribution in [3.63, 3.8) is 0 Å². The van der Waals surface area contributed by atoms with Gasteiger partial charge < -0.3 is 47.7 Å². The number of ether oxygens (including phenoxy) is 6. The van der Waals surface area contributed by atoms with Gasteiger partial charge >= 0.3 is 23.9 Å². The topological polar surface area (TPSA) is 209 Å². The van der Waals surface area contributed by atoms with Crippen LogP contribution in [-0.4, -0.2) is 118 Å². The molecule has 1 aliphatic heterocycles. The smallest absolute Gasteiger partial charge is 0.344 e. The van der Waals surface area contributed by atoms with Crippen LogP contribution < -0.4 is 10.1 Å². The minimum atomic E-state index is -2.95. The van der Waals surface area contributed by atoms with Crippen LogP contribution >= 0.6 is 0 Å². The average molecular weight is 1110 g/mol. The lowest BCUT2D eigenvalue weighted by Crippen LogP contribution is -2.82. The Morgan fingerprint density at radius 3 is 1.92 bits per heavy atom. The van der Waals surface area contributed by atoms with Crippen LogP contribution in [0.3, 0.4) is 0 Å². The number of aliphatic hydroxyl groups is 1. The second-order valence-corrected chi connectivity index (χ2v) is 33.3. The quantitative estimate of drug-likeness (QED) is 0.0496. The van der Waals surface area contributed by atoms with Gasteiger partial charge in [0.25, 0.3) is 5.91 Å². The Hall–Kier alpha value is -5.51. The molecule has 3 aromatic carbocycles. The summed E-state index contributed by atoms with van der Waals surface area (Å²) < 4.78 is 52.8. The lowest BCUT2D eigenvalue weighted by molar-refractivity contribution is -0.346. The summed E-state index contributed by atoms with van der Waals surface area (Å²) in [5.74, 6) is -5.59. The van der Waals surface area contributed by atoms with E-state index >= 15 is 9.59 Å². The van der Waals surface area contributed by atoms with E-state index in [1.54, 1.807) is 113 Å². The van der Waals surface area contributed by atoms with Crippen LogP contribution in [0, 0.1) is 16.7 Å². The van der Waals surface area contributed by atoms with E-state index in [0.29, 0.717) is 40.6 Å². The summed E-state index contributed by atoms with van der Waals surface area (Å²) in [6.07, 6.45) is -8.72. The van der Waals surface area contributed by atoms with Gasteiger partial charge in [0.05, 0.1) is 30.1 Å². The highest BCUT2D eigenvalue weighted by atomic mass is 28.4. The highest BCUT2D eigenvalue weighted by Crippen LogP contribution is 2.65. The summed E-state index contributed by atoms with van der Waals surface area (Å²) in [6, 6.07) is 27.1. The first-order valence-electron chi connectivity index (χ1n) is 27.4. The maximum absolute atomic E-state index is 16.6. The number of hydrogen-bond acceptors (Lipinski definition) is 15. The number of fused-ring (bicyclic) bond motifs is 5. The molecule has 18 heteroatoms. The zero-order valence-electron chi connectivity index (χ0n) is 47.9. The number of esters is 4. The fourth-order valence-corrected chi connectivity index (χ4v) is 16.5. The van der Waals surface area contributed by atoms with Crippen molar-refractivity contribution in [3.05, 3.63) is 113 Å². The maximum atomic E-state index is 16.6. The number of Topliss-reactive ketones (excluding diaryl/α,β-unsaturated/α-hetero) is 1. The summed E-state index contributed by atoms with van der Waals surface area (Å²) in [7, 11) is -5.62. The van der Waals surface area contributed by atoms with Crippen molar-refractivity contribution < 1.29 is 71.1 Å². The molecule has 0 aromatic heterocycles. The molecule has 4 aliphatic rings. The van der Waals surface area contributed by atoms with Crippen LogP contribution in [0.1, 0.15) is 118 Å². The number of hydrogen-bond donors (Lipinski definition) is 2. The van der Waals surface area contributed by atoms with Gasteiger partial charge in [0.15, 0.2) is 46.8 Å². The van der Waals surface area contributed by atoms with Crippen molar-refractivity contribution in [2.24, 2.45) is 16.7 Å². The zero-order chi connectivity index (χ0) is 57.4. The van der Waals surface area contributed by atoms with E-state index in [2.05, 4.69) is 26.1 Å². The molecule has 2 bridgehead atoms. The molecule has 0 unspecified atom stereocenters. The summed E-state index contributed by atoms with van der Waals surface area (Å²) >= 11 is 0. The van der Waals surface area contributed by atoms with E-state index in [1.165, 1.54) is 13.8 Å². The van der Waals surface area contributed by atoms with Gasteiger partial charge in [-0.2, -0.15) is 0 Å². The van der Waals surface area contributed by atoms with E-state index in [9.17, 15) is 24.3 Å². The van der Waals surface area contributed by atoms with Gasteiger partial charge in [-0.1, -0.05) is 122 Å². The highest BCUT2D eigenvalue weighted by Gasteiger charge is 2.79. The second kappa shape index (κ2) is 22.9. The number of benzene rings is 3. The predicted molar refractivity (Wildman–Crippen MR) is 296 cm³/mol. The first kappa shape index (κ1) is 60.1. The van der Waals surface area contributed by atoms with E-state index in [1.807, 2.05) is 39.9 Å². The summed E-state index contributed by atoms with van der Waals surface area (Å²) in [6.45, 7) is 24.4. The molecule has 1 saturated heterocycles. The van der Waals surface area contributed by atoms with E-state index in [0.717, 1.165) is 0 Å². The van der Waals surface area contributed by atoms with E-state index in [4.69, 9.17) is 37.3 Å². The lowest BCUT2D eigenvalue weighted by Gasteiger charge is -2.68. The largest absolute Gasteiger partial charge is 0.482 e. The van der Waals surface area contributed by atoms with Crippen LogP contribution in [0.25, 0.3) is 0 Å². The molecular weight excluding hydrogens is 1030 g/mol. The third kappa shape index (κ3) is 11.2. The first-order valence-corrected chi connectivity index (χ1v) is 32.8. The van der Waals surface area contributed by atoms with Crippen molar-refractivity contribution in [3.8, 4) is 5.75 Å². The number of ketones is 1. The van der Waals surface area contributed by atoms with Crippen LogP contribution in [0.5, 0.6) is 5.75 Å². The molecule has 2 N–H and O–H groups in total. The Morgan fingerprint density at radius 1 is 0.821 bits per heavy atom. The van der Waals surface area contributed by atoms with Gasteiger partial charge in [0, 0.05) is 37.7 Å². The Kier molecular flexibility index (Phi) is 17.7. The number of nitrogens with one attached hydrogen (secondary N) is 1. The SMILES string of the molecule is CC[Si](CC)(CC)O[C@H]1C[C@H]2OC[C@@]2(OC(C)=O)[C@H]2[C@H](OC(=O)COc3ccccc3)[C@]3(O)C[C@H](OC(=O)[C@H](O[Si](C)(C)C(C)(C)C)[C@@H](NC(=O)c4ccccc4)c4ccccc4)C(C)=C([C@@H](OC(C)=O)C(=O)[C@]12C)C3(C)C. The van der Waals surface area contributed by atoms with Crippen molar-refractivity contribution in [1.82, 2.24) is 5.32 Å². The molecule has 16 nitrogen and oxygen atoms in total. The Balaban J connectivity index is 1.47. The third-order valence-electron chi connectivity index (χ3n) is 18.1. The van der Waals surface area contributed by atoms with Gasteiger partial charge in [-0.25, -0.2) is 9.59 Å². The molecule has 0 radical (unpaired) electrons. The second-order valence-electron chi connectivity index (χ2n) is 23.9. The zero-order valence-corrected chi connectivity index (χ0v) is 49.9. The molecule has 1 heterocycles. The Labute approximate surface area is 461 Å². The number of rotatable bonds is 19. The molecule has 0 spiro atoms. The summed E-state index contributed by atoms with van der Waals surface area (Å²) in [5, 5.41) is 17.1. The average Bonchev–Trinajstić information content (AvgIpc) is 3.16.